The molecule has 2 aromatic rings. The topological polar surface area (TPSA) is 55.6 Å². The summed E-state index contributed by atoms with van der Waals surface area (Å²) < 4.78 is 7.06. The number of rotatable bonds is 4. The molecule has 0 unspecified atom stereocenters. The molecule has 23 heavy (non-hydrogen) atoms. The van der Waals surface area contributed by atoms with E-state index in [9.17, 15) is 10.1 Å². The summed E-state index contributed by atoms with van der Waals surface area (Å²) in [6.07, 6.45) is 0. The van der Waals surface area contributed by atoms with Gasteiger partial charge in [-0.2, -0.15) is 0 Å². The Morgan fingerprint density at radius 1 is 1.26 bits per heavy atom. The smallest absolute Gasteiger partial charge is 0.269 e. The van der Waals surface area contributed by atoms with Gasteiger partial charge in [0.2, 0.25) is 0 Å². The van der Waals surface area contributed by atoms with Gasteiger partial charge in [0.05, 0.1) is 11.5 Å². The molecule has 3 rings (SSSR count). The predicted molar refractivity (Wildman–Crippen MR) is 91.0 cm³/mol. The van der Waals surface area contributed by atoms with Gasteiger partial charge in [-0.15, -0.1) is 0 Å². The monoisotopic (exact) mass is 376 g/mol. The second kappa shape index (κ2) is 6.39. The summed E-state index contributed by atoms with van der Waals surface area (Å²) >= 11 is 3.58. The maximum absolute atomic E-state index is 10.8. The number of hydrogen-bond acceptors (Lipinski definition) is 4. The Morgan fingerprint density at radius 2 is 1.96 bits per heavy atom. The SMILES string of the molecule is C[C@]1(c2ccc([N+](=O)[O-])cc2)OCCN1Cc1ccccc1Br. The minimum absolute atomic E-state index is 0.0905. The van der Waals surface area contributed by atoms with Crippen molar-refractivity contribution in [2.75, 3.05) is 13.2 Å². The highest BCUT2D eigenvalue weighted by atomic mass is 79.9. The zero-order valence-electron chi connectivity index (χ0n) is 12.7. The summed E-state index contributed by atoms with van der Waals surface area (Å²) in [5, 5.41) is 10.8. The summed E-state index contributed by atoms with van der Waals surface area (Å²) in [6, 6.07) is 14.7. The third kappa shape index (κ3) is 3.15. The first-order valence-electron chi connectivity index (χ1n) is 7.38. The van der Waals surface area contributed by atoms with E-state index < -0.39 is 5.72 Å². The van der Waals surface area contributed by atoms with Gasteiger partial charge in [0.1, 0.15) is 5.72 Å². The van der Waals surface area contributed by atoms with Crippen molar-refractivity contribution in [3.05, 3.63) is 74.2 Å². The molecular weight excluding hydrogens is 360 g/mol. The van der Waals surface area contributed by atoms with E-state index in [1.807, 2.05) is 25.1 Å². The van der Waals surface area contributed by atoms with Crippen LogP contribution < -0.4 is 0 Å². The molecule has 1 heterocycles. The third-order valence-corrected chi connectivity index (χ3v) is 5.05. The lowest BCUT2D eigenvalue weighted by Crippen LogP contribution is -2.39. The van der Waals surface area contributed by atoms with Gasteiger partial charge in [0.15, 0.2) is 0 Å². The molecule has 5 nitrogen and oxygen atoms in total. The Hall–Kier alpha value is -1.76. The van der Waals surface area contributed by atoms with E-state index in [1.165, 1.54) is 17.7 Å². The zero-order chi connectivity index (χ0) is 16.4. The molecule has 120 valence electrons. The molecule has 2 aromatic carbocycles. The van der Waals surface area contributed by atoms with Gasteiger partial charge in [-0.05, 0) is 36.2 Å². The van der Waals surface area contributed by atoms with Crippen LogP contribution in [0, 0.1) is 10.1 Å². The van der Waals surface area contributed by atoms with Crippen molar-refractivity contribution < 1.29 is 9.66 Å². The quantitative estimate of drug-likeness (QED) is 0.596. The number of benzene rings is 2. The molecule has 0 aromatic heterocycles. The van der Waals surface area contributed by atoms with E-state index in [4.69, 9.17) is 4.74 Å². The Labute approximate surface area is 143 Å². The highest BCUT2D eigenvalue weighted by molar-refractivity contribution is 9.10. The van der Waals surface area contributed by atoms with Crippen LogP contribution >= 0.6 is 15.9 Å². The summed E-state index contributed by atoms with van der Waals surface area (Å²) in [6.45, 7) is 4.21. The number of nitro groups is 1. The summed E-state index contributed by atoms with van der Waals surface area (Å²) in [4.78, 5) is 12.7. The normalized spacial score (nSPS) is 21.5. The van der Waals surface area contributed by atoms with Gasteiger partial charge in [-0.1, -0.05) is 34.1 Å². The van der Waals surface area contributed by atoms with Crippen LogP contribution in [-0.4, -0.2) is 23.0 Å². The molecule has 0 amide bonds. The van der Waals surface area contributed by atoms with Gasteiger partial charge in [-0.25, -0.2) is 0 Å². The van der Waals surface area contributed by atoms with Gasteiger partial charge in [0, 0.05) is 29.7 Å². The lowest BCUT2D eigenvalue weighted by Gasteiger charge is -2.34. The van der Waals surface area contributed by atoms with Gasteiger partial charge in [0.25, 0.3) is 5.69 Å². The van der Waals surface area contributed by atoms with Crippen molar-refractivity contribution >= 4 is 21.6 Å². The molecule has 0 N–H and O–H groups in total. The molecule has 1 aliphatic heterocycles. The molecule has 0 aliphatic carbocycles. The second-order valence-corrected chi connectivity index (χ2v) is 6.50. The van der Waals surface area contributed by atoms with Crippen molar-refractivity contribution in [1.82, 2.24) is 4.90 Å². The van der Waals surface area contributed by atoms with Crippen LogP contribution in [0.5, 0.6) is 0 Å². The van der Waals surface area contributed by atoms with Crippen LogP contribution in [0.4, 0.5) is 5.69 Å². The van der Waals surface area contributed by atoms with Crippen molar-refractivity contribution in [2.45, 2.75) is 19.2 Å². The Balaban J connectivity index is 1.87. The van der Waals surface area contributed by atoms with Crippen molar-refractivity contribution in [3.8, 4) is 0 Å². The fraction of sp³-hybridized carbons (Fsp3) is 0.294. The van der Waals surface area contributed by atoms with E-state index in [2.05, 4.69) is 26.9 Å². The highest BCUT2D eigenvalue weighted by Gasteiger charge is 2.39. The lowest BCUT2D eigenvalue weighted by atomic mass is 10.0. The van der Waals surface area contributed by atoms with Crippen LogP contribution in [0.25, 0.3) is 0 Å². The Bertz CT molecular complexity index is 720. The van der Waals surface area contributed by atoms with Crippen molar-refractivity contribution in [2.24, 2.45) is 0 Å². The average Bonchev–Trinajstić information content (AvgIpc) is 2.92. The largest absolute Gasteiger partial charge is 0.355 e. The van der Waals surface area contributed by atoms with Gasteiger partial charge in [-0.3, -0.25) is 15.0 Å². The summed E-state index contributed by atoms with van der Waals surface area (Å²) in [5.74, 6) is 0. The van der Waals surface area contributed by atoms with Gasteiger partial charge < -0.3 is 4.74 Å². The zero-order valence-corrected chi connectivity index (χ0v) is 14.3. The number of nitrogens with zero attached hydrogens (tertiary/aromatic N) is 2. The van der Waals surface area contributed by atoms with Crippen LogP contribution in [-0.2, 0) is 17.0 Å². The molecule has 6 heteroatoms. The molecule has 0 spiro atoms. The third-order valence-electron chi connectivity index (χ3n) is 4.28. The highest BCUT2D eigenvalue weighted by Crippen LogP contribution is 2.36. The standard InChI is InChI=1S/C17H17BrN2O3/c1-17(14-6-8-15(9-7-14)20(21)22)19(10-11-23-17)12-13-4-2-3-5-16(13)18/h2-9H,10-12H2,1H3/t17-/m1/s1. The number of halogens is 1. The van der Waals surface area contributed by atoms with E-state index in [1.54, 1.807) is 12.1 Å². The molecular formula is C17H17BrN2O3. The first-order valence-corrected chi connectivity index (χ1v) is 8.17. The van der Waals surface area contributed by atoms with Crippen LogP contribution in [0.2, 0.25) is 0 Å². The van der Waals surface area contributed by atoms with E-state index >= 15 is 0 Å². The molecule has 1 aliphatic rings. The fourth-order valence-electron chi connectivity index (χ4n) is 2.88. The molecule has 1 fully saturated rings. The predicted octanol–water partition coefficient (Wildman–Crippen LogP) is 4.06. The number of ether oxygens (including phenoxy) is 1. The summed E-state index contributed by atoms with van der Waals surface area (Å²) in [7, 11) is 0. The van der Waals surface area contributed by atoms with E-state index in [0.29, 0.717) is 6.61 Å². The minimum Gasteiger partial charge on any atom is -0.355 e. The van der Waals surface area contributed by atoms with Crippen molar-refractivity contribution in [3.63, 3.8) is 0 Å². The van der Waals surface area contributed by atoms with Crippen LogP contribution in [0.15, 0.2) is 53.0 Å². The maximum Gasteiger partial charge on any atom is 0.269 e. The van der Waals surface area contributed by atoms with Gasteiger partial charge >= 0.3 is 0 Å². The van der Waals surface area contributed by atoms with E-state index in [0.717, 1.165) is 23.1 Å². The molecule has 1 saturated heterocycles. The lowest BCUT2D eigenvalue weighted by molar-refractivity contribution is -0.384. The van der Waals surface area contributed by atoms with E-state index in [-0.39, 0.29) is 10.6 Å². The fourth-order valence-corrected chi connectivity index (χ4v) is 3.29. The molecule has 0 radical (unpaired) electrons. The van der Waals surface area contributed by atoms with Crippen LogP contribution in [0.1, 0.15) is 18.1 Å². The molecule has 0 saturated carbocycles. The Morgan fingerprint density at radius 3 is 2.61 bits per heavy atom. The second-order valence-electron chi connectivity index (χ2n) is 5.65. The maximum atomic E-state index is 10.8. The first kappa shape index (κ1) is 16.1. The number of hydrogen-bond donors (Lipinski definition) is 0. The van der Waals surface area contributed by atoms with Crippen LogP contribution in [0.3, 0.4) is 0 Å². The number of non-ortho nitro benzene ring substituents is 1. The Kier molecular flexibility index (Phi) is 4.48. The molecule has 0 bridgehead atoms. The number of nitro benzene ring substituents is 1. The molecule has 1 atom stereocenters. The minimum atomic E-state index is -0.579. The van der Waals surface area contributed by atoms with Crippen molar-refractivity contribution in [1.29, 1.82) is 0 Å². The first-order chi connectivity index (χ1) is 11.0. The summed E-state index contributed by atoms with van der Waals surface area (Å²) in [5.41, 5.74) is 1.62. The average molecular weight is 377 g/mol.